The number of nitrogens with one attached hydrogen (secondary N) is 2. The van der Waals surface area contributed by atoms with Crippen molar-refractivity contribution in [3.8, 4) is 0 Å². The molecule has 2 aromatic heterocycles. The molecule has 108 valence electrons. The fraction of sp³-hybridized carbons (Fsp3) is 0. The zero-order chi connectivity index (χ0) is 15.1. The number of rotatable bonds is 2. The van der Waals surface area contributed by atoms with Gasteiger partial charge < -0.3 is 14.7 Å². The largest absolute Gasteiger partial charge is 0.451 e. The number of H-pyrrole nitrogens is 1. The lowest BCUT2D eigenvalue weighted by Crippen LogP contribution is -2.11. The predicted molar refractivity (Wildman–Crippen MR) is 90.2 cm³/mol. The van der Waals surface area contributed by atoms with Crippen LogP contribution in [0, 0.1) is 0 Å². The highest BCUT2D eigenvalue weighted by Gasteiger charge is 2.14. The molecule has 2 heterocycles. The second-order valence-electron chi connectivity index (χ2n) is 4.99. The molecular formula is C17H11BrN2O2. The molecule has 1 amide bonds. The van der Waals surface area contributed by atoms with E-state index in [2.05, 4.69) is 26.2 Å². The maximum Gasteiger partial charge on any atom is 0.291 e. The van der Waals surface area contributed by atoms with Crippen molar-refractivity contribution in [2.75, 3.05) is 5.32 Å². The van der Waals surface area contributed by atoms with E-state index in [0.717, 1.165) is 26.4 Å². The summed E-state index contributed by atoms with van der Waals surface area (Å²) in [5.74, 6) is 0.0195. The van der Waals surface area contributed by atoms with Crippen molar-refractivity contribution >= 4 is 49.4 Å². The lowest BCUT2D eigenvalue weighted by molar-refractivity contribution is 0.0999. The van der Waals surface area contributed by atoms with Gasteiger partial charge in [0.2, 0.25) is 0 Å². The Bertz CT molecular complexity index is 1000. The minimum absolute atomic E-state index is 0.269. The van der Waals surface area contributed by atoms with Crippen LogP contribution in [-0.4, -0.2) is 10.9 Å². The Morgan fingerprint density at radius 1 is 1.09 bits per heavy atom. The predicted octanol–water partition coefficient (Wildman–Crippen LogP) is 4.93. The van der Waals surface area contributed by atoms with Crippen LogP contribution in [0.3, 0.4) is 0 Å². The second kappa shape index (κ2) is 5.03. The van der Waals surface area contributed by atoms with E-state index in [1.807, 2.05) is 48.7 Å². The van der Waals surface area contributed by atoms with Crippen LogP contribution in [0.5, 0.6) is 0 Å². The summed E-state index contributed by atoms with van der Waals surface area (Å²) in [5.41, 5.74) is 2.31. The van der Waals surface area contributed by atoms with Gasteiger partial charge in [0.05, 0.1) is 11.2 Å². The number of aromatic nitrogens is 1. The first-order valence-electron chi connectivity index (χ1n) is 6.77. The first kappa shape index (κ1) is 13.2. The number of carbonyl (C=O) groups is 1. The molecule has 22 heavy (non-hydrogen) atoms. The molecule has 0 saturated heterocycles. The quantitative estimate of drug-likeness (QED) is 0.536. The molecular weight excluding hydrogens is 344 g/mol. The molecule has 0 spiro atoms. The average Bonchev–Trinajstić information content (AvgIpc) is 3.13. The number of hydrogen-bond donors (Lipinski definition) is 2. The van der Waals surface area contributed by atoms with E-state index in [1.165, 1.54) is 0 Å². The zero-order valence-electron chi connectivity index (χ0n) is 11.4. The van der Waals surface area contributed by atoms with E-state index >= 15 is 0 Å². The van der Waals surface area contributed by atoms with Crippen molar-refractivity contribution in [2.24, 2.45) is 0 Å². The van der Waals surface area contributed by atoms with Crippen molar-refractivity contribution in [3.63, 3.8) is 0 Å². The summed E-state index contributed by atoms with van der Waals surface area (Å²) in [7, 11) is 0. The van der Waals surface area contributed by atoms with E-state index in [-0.39, 0.29) is 11.7 Å². The lowest BCUT2D eigenvalue weighted by atomic mass is 10.2. The Morgan fingerprint density at radius 3 is 2.91 bits per heavy atom. The maximum absolute atomic E-state index is 12.4. The molecule has 0 radical (unpaired) electrons. The minimum atomic E-state index is -0.269. The monoisotopic (exact) mass is 354 g/mol. The summed E-state index contributed by atoms with van der Waals surface area (Å²) >= 11 is 3.39. The molecule has 0 fully saturated rings. The summed E-state index contributed by atoms with van der Waals surface area (Å²) in [6, 6.07) is 15.1. The number of aromatic amines is 1. The maximum atomic E-state index is 12.4. The first-order valence-corrected chi connectivity index (χ1v) is 7.56. The number of furan rings is 1. The molecule has 4 rings (SSSR count). The number of para-hydroxylation sites is 1. The van der Waals surface area contributed by atoms with Crippen molar-refractivity contribution < 1.29 is 9.21 Å². The second-order valence-corrected chi connectivity index (χ2v) is 5.91. The third kappa shape index (κ3) is 2.19. The highest BCUT2D eigenvalue weighted by molar-refractivity contribution is 9.10. The van der Waals surface area contributed by atoms with Crippen LogP contribution in [0.2, 0.25) is 0 Å². The standard InChI is InChI=1S/C17H11BrN2O2/c18-12-5-4-11-8-15(22-14(11)9-12)17(21)20-13-3-1-2-10-6-7-19-16(10)13/h1-9,19H,(H,20,21). The van der Waals surface area contributed by atoms with Gasteiger partial charge in [0, 0.05) is 21.4 Å². The smallest absolute Gasteiger partial charge is 0.291 e. The molecule has 0 saturated carbocycles. The Morgan fingerprint density at radius 2 is 2.00 bits per heavy atom. The molecule has 0 bridgehead atoms. The lowest BCUT2D eigenvalue weighted by Gasteiger charge is -2.04. The van der Waals surface area contributed by atoms with Crippen molar-refractivity contribution in [1.82, 2.24) is 4.98 Å². The molecule has 0 aliphatic carbocycles. The topological polar surface area (TPSA) is 58.0 Å². The number of benzene rings is 2. The third-order valence-electron chi connectivity index (χ3n) is 3.54. The molecule has 4 aromatic rings. The molecule has 5 heteroatoms. The molecule has 0 aliphatic heterocycles. The van der Waals surface area contributed by atoms with Crippen LogP contribution < -0.4 is 5.32 Å². The Balaban J connectivity index is 1.70. The number of anilines is 1. The fourth-order valence-corrected chi connectivity index (χ4v) is 2.83. The number of fused-ring (bicyclic) bond motifs is 2. The number of halogens is 1. The van der Waals surface area contributed by atoms with Gasteiger partial charge in [-0.1, -0.05) is 28.1 Å². The van der Waals surface area contributed by atoms with E-state index in [0.29, 0.717) is 5.58 Å². The molecule has 0 atom stereocenters. The van der Waals surface area contributed by atoms with E-state index < -0.39 is 0 Å². The van der Waals surface area contributed by atoms with Gasteiger partial charge in [-0.3, -0.25) is 4.79 Å². The van der Waals surface area contributed by atoms with Crippen LogP contribution in [0.25, 0.3) is 21.9 Å². The SMILES string of the molecule is O=C(Nc1cccc2cc[nH]c12)c1cc2ccc(Br)cc2o1. The average molecular weight is 355 g/mol. The van der Waals surface area contributed by atoms with Gasteiger partial charge in [-0.25, -0.2) is 0 Å². The minimum Gasteiger partial charge on any atom is -0.451 e. The summed E-state index contributed by atoms with van der Waals surface area (Å²) in [5, 5.41) is 4.83. The molecule has 0 unspecified atom stereocenters. The van der Waals surface area contributed by atoms with Crippen molar-refractivity contribution in [3.05, 3.63) is 65.0 Å². The van der Waals surface area contributed by atoms with Gasteiger partial charge in [-0.2, -0.15) is 0 Å². The van der Waals surface area contributed by atoms with E-state index in [9.17, 15) is 4.79 Å². The van der Waals surface area contributed by atoms with Gasteiger partial charge >= 0.3 is 0 Å². The van der Waals surface area contributed by atoms with Gasteiger partial charge in [0.1, 0.15) is 5.58 Å². The third-order valence-corrected chi connectivity index (χ3v) is 4.03. The highest BCUT2D eigenvalue weighted by Crippen LogP contribution is 2.25. The summed E-state index contributed by atoms with van der Waals surface area (Å²) < 4.78 is 6.54. The zero-order valence-corrected chi connectivity index (χ0v) is 13.0. The molecule has 0 aliphatic rings. The molecule has 2 N–H and O–H groups in total. The summed E-state index contributed by atoms with van der Waals surface area (Å²) in [4.78, 5) is 15.5. The van der Waals surface area contributed by atoms with Crippen LogP contribution in [0.4, 0.5) is 5.69 Å². The first-order chi connectivity index (χ1) is 10.7. The number of carbonyl (C=O) groups excluding carboxylic acids is 1. The Labute approximate surface area is 134 Å². The number of hydrogen-bond acceptors (Lipinski definition) is 2. The fourth-order valence-electron chi connectivity index (χ4n) is 2.49. The van der Waals surface area contributed by atoms with E-state index in [1.54, 1.807) is 6.07 Å². The Kier molecular flexibility index (Phi) is 3.01. The van der Waals surface area contributed by atoms with Crippen molar-refractivity contribution in [2.45, 2.75) is 0 Å². The van der Waals surface area contributed by atoms with Crippen LogP contribution in [0.15, 0.2) is 63.6 Å². The van der Waals surface area contributed by atoms with Crippen LogP contribution >= 0.6 is 15.9 Å². The normalized spacial score (nSPS) is 11.1. The highest BCUT2D eigenvalue weighted by atomic mass is 79.9. The van der Waals surface area contributed by atoms with E-state index in [4.69, 9.17) is 4.42 Å². The van der Waals surface area contributed by atoms with Gasteiger partial charge in [-0.05, 0) is 36.4 Å². The molecule has 2 aromatic carbocycles. The summed E-state index contributed by atoms with van der Waals surface area (Å²) in [6.45, 7) is 0. The van der Waals surface area contributed by atoms with Crippen molar-refractivity contribution in [1.29, 1.82) is 0 Å². The van der Waals surface area contributed by atoms with Gasteiger partial charge in [-0.15, -0.1) is 0 Å². The summed E-state index contributed by atoms with van der Waals surface area (Å²) in [6.07, 6.45) is 1.85. The van der Waals surface area contributed by atoms with Gasteiger partial charge in [0.15, 0.2) is 5.76 Å². The Hall–Kier alpha value is -2.53. The number of amides is 1. The van der Waals surface area contributed by atoms with Crippen LogP contribution in [-0.2, 0) is 0 Å². The van der Waals surface area contributed by atoms with Gasteiger partial charge in [0.25, 0.3) is 5.91 Å². The van der Waals surface area contributed by atoms with Crippen LogP contribution in [0.1, 0.15) is 10.6 Å². The molecule has 4 nitrogen and oxygen atoms in total.